The van der Waals surface area contributed by atoms with Crippen LogP contribution in [0.5, 0.6) is 0 Å². The molecule has 1 aliphatic heterocycles. The summed E-state index contributed by atoms with van der Waals surface area (Å²) in [5.74, 6) is -0.666. The molecular formula is C19H16ClNO2. The molecule has 4 heteroatoms. The van der Waals surface area contributed by atoms with Gasteiger partial charge in [0.15, 0.2) is 5.78 Å². The molecule has 0 radical (unpaired) electrons. The van der Waals surface area contributed by atoms with Crippen LogP contribution < -0.4 is 5.32 Å². The third kappa shape index (κ3) is 3.35. The van der Waals surface area contributed by atoms with Gasteiger partial charge in [0.1, 0.15) is 0 Å². The highest BCUT2D eigenvalue weighted by Crippen LogP contribution is 2.37. The van der Waals surface area contributed by atoms with Gasteiger partial charge in [-0.15, -0.1) is 0 Å². The Balaban J connectivity index is 1.80. The van der Waals surface area contributed by atoms with Crippen molar-refractivity contribution < 1.29 is 9.59 Å². The summed E-state index contributed by atoms with van der Waals surface area (Å²) < 4.78 is 0. The van der Waals surface area contributed by atoms with Crippen molar-refractivity contribution in [2.45, 2.75) is 19.3 Å². The van der Waals surface area contributed by atoms with Crippen molar-refractivity contribution in [3.8, 4) is 0 Å². The molecule has 0 saturated carbocycles. The Hall–Kier alpha value is -2.39. The van der Waals surface area contributed by atoms with Gasteiger partial charge < -0.3 is 5.32 Å². The van der Waals surface area contributed by atoms with E-state index in [2.05, 4.69) is 5.32 Å². The molecule has 0 aliphatic carbocycles. The summed E-state index contributed by atoms with van der Waals surface area (Å²) in [6.45, 7) is 1.78. The van der Waals surface area contributed by atoms with Crippen LogP contribution in [0.15, 0.2) is 54.1 Å². The Morgan fingerprint density at radius 1 is 1.22 bits per heavy atom. The first-order valence-corrected chi connectivity index (χ1v) is 7.79. The predicted molar refractivity (Wildman–Crippen MR) is 92.5 cm³/mol. The van der Waals surface area contributed by atoms with Crippen molar-refractivity contribution in [3.05, 3.63) is 70.3 Å². The summed E-state index contributed by atoms with van der Waals surface area (Å²) in [5, 5.41) is 3.36. The zero-order valence-corrected chi connectivity index (χ0v) is 13.4. The van der Waals surface area contributed by atoms with E-state index in [-0.39, 0.29) is 18.1 Å². The number of carbonyl (C=O) groups is 2. The van der Waals surface area contributed by atoms with Gasteiger partial charge in [0.05, 0.1) is 5.92 Å². The van der Waals surface area contributed by atoms with Crippen LogP contribution in [0.1, 0.15) is 30.4 Å². The van der Waals surface area contributed by atoms with Gasteiger partial charge in [-0.3, -0.25) is 9.59 Å². The molecule has 1 heterocycles. The van der Waals surface area contributed by atoms with E-state index < -0.39 is 5.92 Å². The van der Waals surface area contributed by atoms with Gasteiger partial charge in [-0.2, -0.15) is 0 Å². The van der Waals surface area contributed by atoms with Crippen LogP contribution in [0.3, 0.4) is 0 Å². The summed E-state index contributed by atoms with van der Waals surface area (Å²) in [6, 6.07) is 14.9. The lowest BCUT2D eigenvalue weighted by atomic mass is 9.92. The summed E-state index contributed by atoms with van der Waals surface area (Å²) in [6.07, 6.45) is 1.99. The maximum atomic E-state index is 12.5. The van der Waals surface area contributed by atoms with Crippen molar-refractivity contribution >= 4 is 35.1 Å². The molecule has 0 fully saturated rings. The van der Waals surface area contributed by atoms with Gasteiger partial charge in [-0.25, -0.2) is 0 Å². The molecule has 0 aromatic heterocycles. The Kier molecular flexibility index (Phi) is 4.30. The Morgan fingerprint density at radius 2 is 1.96 bits per heavy atom. The standard InChI is InChI=1S/C19H16ClNO2/c1-12(9-13-5-3-2-4-6-13)18(22)11-16-15-10-14(20)7-8-17(15)21-19(16)23/h2-10,16H,11H2,1H3,(H,21,23)/b12-9+. The second-order valence-electron chi connectivity index (χ2n) is 5.64. The van der Waals surface area contributed by atoms with Gasteiger partial charge in [0.2, 0.25) is 5.91 Å². The highest BCUT2D eigenvalue weighted by atomic mass is 35.5. The van der Waals surface area contributed by atoms with Crippen LogP contribution in [0.2, 0.25) is 5.02 Å². The lowest BCUT2D eigenvalue weighted by Crippen LogP contribution is -2.16. The summed E-state index contributed by atoms with van der Waals surface area (Å²) in [4.78, 5) is 24.6. The molecule has 1 unspecified atom stereocenters. The third-order valence-electron chi connectivity index (χ3n) is 3.98. The van der Waals surface area contributed by atoms with Gasteiger partial charge >= 0.3 is 0 Å². The second-order valence-corrected chi connectivity index (χ2v) is 6.08. The Bertz CT molecular complexity index is 796. The number of rotatable bonds is 4. The Morgan fingerprint density at radius 3 is 2.70 bits per heavy atom. The zero-order chi connectivity index (χ0) is 16.4. The minimum atomic E-state index is -0.477. The van der Waals surface area contributed by atoms with Crippen molar-refractivity contribution in [2.75, 3.05) is 5.32 Å². The van der Waals surface area contributed by atoms with Gasteiger partial charge in [-0.05, 0) is 47.9 Å². The molecule has 1 atom stereocenters. The van der Waals surface area contributed by atoms with Crippen molar-refractivity contribution in [3.63, 3.8) is 0 Å². The van der Waals surface area contributed by atoms with Crippen molar-refractivity contribution in [1.29, 1.82) is 0 Å². The van der Waals surface area contributed by atoms with Crippen LogP contribution in [0.4, 0.5) is 5.69 Å². The van der Waals surface area contributed by atoms with E-state index >= 15 is 0 Å². The summed E-state index contributed by atoms with van der Waals surface area (Å²) >= 11 is 6.01. The molecule has 1 amide bonds. The number of allylic oxidation sites excluding steroid dienone is 1. The lowest BCUT2D eigenvalue weighted by molar-refractivity contribution is -0.121. The molecule has 3 rings (SSSR count). The molecule has 0 spiro atoms. The minimum absolute atomic E-state index is 0.0400. The van der Waals surface area contributed by atoms with Gasteiger partial charge in [-0.1, -0.05) is 41.9 Å². The van der Waals surface area contributed by atoms with Crippen LogP contribution in [-0.4, -0.2) is 11.7 Å². The number of hydrogen-bond donors (Lipinski definition) is 1. The first-order chi connectivity index (χ1) is 11.0. The van der Waals surface area contributed by atoms with Crippen LogP contribution in [0, 0.1) is 0 Å². The SMILES string of the molecule is C/C(=C\c1ccccc1)C(=O)CC1C(=O)Nc2ccc(Cl)cc21. The quantitative estimate of drug-likeness (QED) is 0.845. The highest BCUT2D eigenvalue weighted by molar-refractivity contribution is 6.31. The summed E-state index contributed by atoms with van der Waals surface area (Å²) in [5.41, 5.74) is 3.14. The Labute approximate surface area is 140 Å². The lowest BCUT2D eigenvalue weighted by Gasteiger charge is -2.08. The summed E-state index contributed by atoms with van der Waals surface area (Å²) in [7, 11) is 0. The van der Waals surface area contributed by atoms with Crippen LogP contribution >= 0.6 is 11.6 Å². The van der Waals surface area contributed by atoms with E-state index in [1.165, 1.54) is 0 Å². The number of amides is 1. The van der Waals surface area contributed by atoms with Crippen molar-refractivity contribution in [1.82, 2.24) is 0 Å². The highest BCUT2D eigenvalue weighted by Gasteiger charge is 2.32. The first kappa shape index (κ1) is 15.5. The molecular weight excluding hydrogens is 310 g/mol. The molecule has 1 N–H and O–H groups in total. The van der Waals surface area contributed by atoms with E-state index in [1.54, 1.807) is 25.1 Å². The smallest absolute Gasteiger partial charge is 0.232 e. The monoisotopic (exact) mass is 325 g/mol. The minimum Gasteiger partial charge on any atom is -0.325 e. The maximum Gasteiger partial charge on any atom is 0.232 e. The fraction of sp³-hybridized carbons (Fsp3) is 0.158. The topological polar surface area (TPSA) is 46.2 Å². The van der Waals surface area contributed by atoms with E-state index in [0.717, 1.165) is 16.8 Å². The van der Waals surface area contributed by atoms with Crippen molar-refractivity contribution in [2.24, 2.45) is 0 Å². The molecule has 3 nitrogen and oxygen atoms in total. The number of carbonyl (C=O) groups excluding carboxylic acids is 2. The predicted octanol–water partition coefficient (Wildman–Crippen LogP) is 4.44. The van der Waals surface area contributed by atoms with E-state index in [0.29, 0.717) is 10.6 Å². The molecule has 1 aliphatic rings. The number of Topliss-reactive ketones (excluding diaryl/α,β-unsaturated/α-hetero) is 1. The molecule has 2 aromatic carbocycles. The molecule has 0 saturated heterocycles. The molecule has 2 aromatic rings. The average Bonchev–Trinajstić information content (AvgIpc) is 2.84. The van der Waals surface area contributed by atoms with E-state index in [1.807, 2.05) is 36.4 Å². The number of benzene rings is 2. The van der Waals surface area contributed by atoms with Crippen LogP contribution in [-0.2, 0) is 9.59 Å². The molecule has 0 bridgehead atoms. The number of ketones is 1. The normalized spacial score (nSPS) is 16.9. The van der Waals surface area contributed by atoms with Gasteiger partial charge in [0, 0.05) is 17.1 Å². The van der Waals surface area contributed by atoms with Crippen LogP contribution in [0.25, 0.3) is 6.08 Å². The fourth-order valence-corrected chi connectivity index (χ4v) is 2.91. The zero-order valence-electron chi connectivity index (χ0n) is 12.7. The fourth-order valence-electron chi connectivity index (χ4n) is 2.73. The average molecular weight is 326 g/mol. The largest absolute Gasteiger partial charge is 0.325 e. The first-order valence-electron chi connectivity index (χ1n) is 7.41. The maximum absolute atomic E-state index is 12.5. The number of hydrogen-bond acceptors (Lipinski definition) is 2. The number of fused-ring (bicyclic) bond motifs is 1. The van der Waals surface area contributed by atoms with E-state index in [4.69, 9.17) is 11.6 Å². The number of halogens is 1. The molecule has 116 valence electrons. The number of nitrogens with one attached hydrogen (secondary N) is 1. The second kappa shape index (κ2) is 6.39. The third-order valence-corrected chi connectivity index (χ3v) is 4.21. The van der Waals surface area contributed by atoms with Gasteiger partial charge in [0.25, 0.3) is 0 Å². The molecule has 23 heavy (non-hydrogen) atoms. The van der Waals surface area contributed by atoms with E-state index in [9.17, 15) is 9.59 Å². The number of anilines is 1.